The molecule has 3 aromatic rings. The van der Waals surface area contributed by atoms with E-state index < -0.39 is 38.4 Å². The Kier molecular flexibility index (Phi) is 7.39. The number of amides is 2. The van der Waals surface area contributed by atoms with Crippen molar-refractivity contribution in [2.24, 2.45) is 0 Å². The summed E-state index contributed by atoms with van der Waals surface area (Å²) in [7, 11) is -4.69. The van der Waals surface area contributed by atoms with E-state index in [0.29, 0.717) is 29.7 Å². The number of unbranched alkanes of at least 4 members (excludes halogenated alkanes) is 2. The first-order valence-corrected chi connectivity index (χ1v) is 12.9. The topological polar surface area (TPSA) is 182 Å². The smallest absolute Gasteiger partial charge is 0.347 e. The SMILES string of the molecule is O=C(CCCCCc1oc(-c2cc3cc(Cl)c(O)cc3oc2=O)cc1S(=O)(=O)O)ON1C(=O)CCC1=O. The van der Waals surface area contributed by atoms with E-state index in [4.69, 9.17) is 25.3 Å². The molecule has 0 unspecified atom stereocenters. The highest BCUT2D eigenvalue weighted by molar-refractivity contribution is 7.85. The van der Waals surface area contributed by atoms with Crippen molar-refractivity contribution in [1.82, 2.24) is 5.06 Å². The molecule has 1 aliphatic heterocycles. The van der Waals surface area contributed by atoms with Crippen LogP contribution in [0.15, 0.2) is 42.8 Å². The number of aryl methyl sites for hydroxylation is 1. The zero-order valence-electron chi connectivity index (χ0n) is 19.1. The minimum Gasteiger partial charge on any atom is -0.506 e. The number of phenolic OH excluding ortho intramolecular Hbond substituents is 1. The Morgan fingerprint density at radius 1 is 1.03 bits per heavy atom. The van der Waals surface area contributed by atoms with Crippen molar-refractivity contribution in [2.45, 2.75) is 49.8 Å². The fourth-order valence-corrected chi connectivity index (χ4v) is 4.63. The molecule has 2 aromatic heterocycles. The zero-order valence-corrected chi connectivity index (χ0v) is 20.6. The number of benzene rings is 1. The maximum absolute atomic E-state index is 12.5. The summed E-state index contributed by atoms with van der Waals surface area (Å²) in [6, 6.07) is 4.87. The van der Waals surface area contributed by atoms with Crippen LogP contribution in [-0.2, 0) is 35.8 Å². The molecular formula is C23H20ClNO11S. The molecule has 0 saturated carbocycles. The van der Waals surface area contributed by atoms with Crippen LogP contribution in [0.5, 0.6) is 5.75 Å². The monoisotopic (exact) mass is 553 g/mol. The third-order valence-corrected chi connectivity index (χ3v) is 6.80. The molecule has 0 atom stereocenters. The summed E-state index contributed by atoms with van der Waals surface area (Å²) >= 11 is 5.91. The summed E-state index contributed by atoms with van der Waals surface area (Å²) in [6.07, 6.45) is 1.01. The van der Waals surface area contributed by atoms with Crippen molar-refractivity contribution in [1.29, 1.82) is 0 Å². The second kappa shape index (κ2) is 10.4. The van der Waals surface area contributed by atoms with Crippen LogP contribution in [0.4, 0.5) is 0 Å². The molecule has 0 radical (unpaired) electrons. The molecule has 0 aliphatic carbocycles. The van der Waals surface area contributed by atoms with Gasteiger partial charge in [-0.05, 0) is 25.0 Å². The molecule has 0 bridgehead atoms. The molecule has 2 amide bonds. The van der Waals surface area contributed by atoms with Gasteiger partial charge in [-0.2, -0.15) is 8.42 Å². The van der Waals surface area contributed by atoms with Crippen molar-refractivity contribution >= 4 is 50.5 Å². The lowest BCUT2D eigenvalue weighted by atomic mass is 10.1. The summed E-state index contributed by atoms with van der Waals surface area (Å²) < 4.78 is 44.2. The lowest BCUT2D eigenvalue weighted by Crippen LogP contribution is -2.31. The van der Waals surface area contributed by atoms with Crippen LogP contribution in [0.25, 0.3) is 22.3 Å². The van der Waals surface area contributed by atoms with Crippen molar-refractivity contribution in [2.75, 3.05) is 0 Å². The molecule has 14 heteroatoms. The number of rotatable bonds is 9. The molecule has 1 aliphatic rings. The Balaban J connectivity index is 1.44. The first-order valence-electron chi connectivity index (χ1n) is 11.1. The van der Waals surface area contributed by atoms with E-state index in [2.05, 4.69) is 0 Å². The number of furan rings is 1. The highest BCUT2D eigenvalue weighted by Crippen LogP contribution is 2.33. The fraction of sp³-hybridized carbons (Fsp3) is 0.304. The predicted octanol–water partition coefficient (Wildman–Crippen LogP) is 3.37. The summed E-state index contributed by atoms with van der Waals surface area (Å²) in [5.41, 5.74) is -0.946. The number of halogens is 1. The second-order valence-corrected chi connectivity index (χ2v) is 10.1. The first kappa shape index (κ1) is 26.4. The van der Waals surface area contributed by atoms with E-state index in [0.717, 1.165) is 12.1 Å². The van der Waals surface area contributed by atoms with Crippen molar-refractivity contribution in [3.05, 3.63) is 45.5 Å². The van der Waals surface area contributed by atoms with Crippen LogP contribution in [0, 0.1) is 0 Å². The van der Waals surface area contributed by atoms with Crippen LogP contribution in [0.1, 0.15) is 44.3 Å². The third-order valence-electron chi connectivity index (χ3n) is 5.60. The normalized spacial score (nSPS) is 14.1. The molecule has 196 valence electrons. The number of hydroxylamine groups is 2. The molecule has 2 N–H and O–H groups in total. The molecule has 1 aromatic carbocycles. The molecule has 12 nitrogen and oxygen atoms in total. The molecular weight excluding hydrogens is 534 g/mol. The average molecular weight is 554 g/mol. The highest BCUT2D eigenvalue weighted by Gasteiger charge is 2.32. The van der Waals surface area contributed by atoms with Gasteiger partial charge in [-0.25, -0.2) is 9.59 Å². The van der Waals surface area contributed by atoms with Crippen molar-refractivity contribution in [3.8, 4) is 17.1 Å². The number of hydrogen-bond acceptors (Lipinski definition) is 10. The van der Waals surface area contributed by atoms with Crippen LogP contribution in [0.3, 0.4) is 0 Å². The number of fused-ring (bicyclic) bond motifs is 1. The van der Waals surface area contributed by atoms with E-state index in [1.165, 1.54) is 12.1 Å². The summed E-state index contributed by atoms with van der Waals surface area (Å²) in [4.78, 5) is 51.6. The molecule has 1 saturated heterocycles. The first-order chi connectivity index (χ1) is 17.4. The van der Waals surface area contributed by atoms with Gasteiger partial charge >= 0.3 is 11.6 Å². The van der Waals surface area contributed by atoms with Gasteiger partial charge < -0.3 is 18.8 Å². The average Bonchev–Trinajstić information content (AvgIpc) is 3.38. The van der Waals surface area contributed by atoms with Crippen LogP contribution in [-0.4, -0.2) is 40.9 Å². The summed E-state index contributed by atoms with van der Waals surface area (Å²) in [5, 5.41) is 10.5. The van der Waals surface area contributed by atoms with Gasteiger partial charge in [0.15, 0.2) is 0 Å². The molecule has 37 heavy (non-hydrogen) atoms. The lowest BCUT2D eigenvalue weighted by molar-refractivity contribution is -0.197. The van der Waals surface area contributed by atoms with E-state index in [-0.39, 0.29) is 59.1 Å². The number of carbonyl (C=O) groups is 3. The highest BCUT2D eigenvalue weighted by atomic mass is 35.5. The van der Waals surface area contributed by atoms with E-state index in [9.17, 15) is 37.3 Å². The van der Waals surface area contributed by atoms with Gasteiger partial charge in [0.05, 0.1) is 5.02 Å². The maximum atomic E-state index is 12.5. The van der Waals surface area contributed by atoms with Gasteiger partial charge in [-0.1, -0.05) is 18.0 Å². The van der Waals surface area contributed by atoms with E-state index in [1.807, 2.05) is 0 Å². The number of phenols is 1. The third kappa shape index (κ3) is 5.84. The van der Waals surface area contributed by atoms with E-state index in [1.54, 1.807) is 0 Å². The van der Waals surface area contributed by atoms with Crippen molar-refractivity contribution in [3.63, 3.8) is 0 Å². The maximum Gasteiger partial charge on any atom is 0.347 e. The van der Waals surface area contributed by atoms with Gasteiger partial charge in [0, 0.05) is 43.2 Å². The standard InChI is InChI=1S/C23H20ClNO11S/c24-14-9-12-8-13(23(30)35-17(12)10-15(14)26)18-11-19(37(31,32)33)16(34-18)4-2-1-3-5-22(29)36-25-20(27)6-7-21(25)28/h8-11,26H,1-7H2,(H,31,32,33). The number of hydrogen-bond donors (Lipinski definition) is 2. The number of carbonyl (C=O) groups excluding carboxylic acids is 3. The number of imide groups is 1. The summed E-state index contributed by atoms with van der Waals surface area (Å²) in [6.45, 7) is 0. The lowest BCUT2D eigenvalue weighted by Gasteiger charge is -2.12. The Bertz CT molecular complexity index is 1560. The van der Waals surface area contributed by atoms with E-state index >= 15 is 0 Å². The molecule has 3 heterocycles. The molecule has 0 spiro atoms. The Morgan fingerprint density at radius 2 is 1.73 bits per heavy atom. The number of aromatic hydroxyl groups is 1. The molecule has 1 fully saturated rings. The zero-order chi connectivity index (χ0) is 26.9. The van der Waals surface area contributed by atoms with Crippen molar-refractivity contribution < 1.29 is 46.1 Å². The summed E-state index contributed by atoms with van der Waals surface area (Å²) in [5.74, 6) is -2.45. The minimum absolute atomic E-state index is 0.00793. The van der Waals surface area contributed by atoms with Crippen LogP contribution in [0.2, 0.25) is 5.02 Å². The fourth-order valence-electron chi connectivity index (χ4n) is 3.77. The van der Waals surface area contributed by atoms with Crippen LogP contribution >= 0.6 is 11.6 Å². The Morgan fingerprint density at radius 3 is 2.41 bits per heavy atom. The van der Waals surface area contributed by atoms with Crippen LogP contribution < -0.4 is 5.63 Å². The quantitative estimate of drug-likeness (QED) is 0.171. The number of nitrogens with zero attached hydrogens (tertiary/aromatic N) is 1. The minimum atomic E-state index is -4.69. The molecule has 4 rings (SSSR count). The Hall–Kier alpha value is -3.68. The largest absolute Gasteiger partial charge is 0.506 e. The van der Waals surface area contributed by atoms with Gasteiger partial charge in [-0.3, -0.25) is 14.1 Å². The van der Waals surface area contributed by atoms with Gasteiger partial charge in [0.25, 0.3) is 21.9 Å². The van der Waals surface area contributed by atoms with Gasteiger partial charge in [-0.15, -0.1) is 5.06 Å². The predicted molar refractivity (Wildman–Crippen MR) is 126 cm³/mol. The van der Waals surface area contributed by atoms with Gasteiger partial charge in [0.2, 0.25) is 0 Å². The second-order valence-electron chi connectivity index (χ2n) is 8.27. The Labute approximate surface area is 214 Å². The van der Waals surface area contributed by atoms with Gasteiger partial charge in [0.1, 0.15) is 33.3 Å².